The summed E-state index contributed by atoms with van der Waals surface area (Å²) in [5.41, 5.74) is 1.96. The number of amides is 2. The van der Waals surface area contributed by atoms with Crippen molar-refractivity contribution >= 4 is 45.8 Å². The van der Waals surface area contributed by atoms with E-state index in [0.29, 0.717) is 24.2 Å². The summed E-state index contributed by atoms with van der Waals surface area (Å²) in [5.74, 6) is -0.119. The number of benzene rings is 2. The Bertz CT molecular complexity index is 730. The predicted molar refractivity (Wildman–Crippen MR) is 95.1 cm³/mol. The number of para-hydroxylation sites is 1. The average Bonchev–Trinajstić information content (AvgIpc) is 2.93. The lowest BCUT2D eigenvalue weighted by atomic mass is 10.1. The van der Waals surface area contributed by atoms with Crippen LogP contribution in [0.3, 0.4) is 0 Å². The molecule has 4 nitrogen and oxygen atoms in total. The molecule has 5 heteroatoms. The predicted octanol–water partition coefficient (Wildman–Crippen LogP) is 3.67. The van der Waals surface area contributed by atoms with Crippen LogP contribution in [0.1, 0.15) is 23.2 Å². The molecule has 0 radical (unpaired) electrons. The molecule has 0 aromatic heterocycles. The summed E-state index contributed by atoms with van der Waals surface area (Å²) in [4.78, 5) is 26.2. The highest BCUT2D eigenvalue weighted by molar-refractivity contribution is 14.1. The monoisotopic (exact) mass is 406 g/mol. The second-order valence-corrected chi connectivity index (χ2v) is 6.38. The van der Waals surface area contributed by atoms with Crippen molar-refractivity contribution in [1.82, 2.24) is 0 Å². The fourth-order valence-electron chi connectivity index (χ4n) is 2.57. The van der Waals surface area contributed by atoms with Crippen molar-refractivity contribution in [3.05, 3.63) is 57.7 Å². The normalized spacial score (nSPS) is 14.2. The molecule has 0 spiro atoms. The molecule has 1 fully saturated rings. The summed E-state index contributed by atoms with van der Waals surface area (Å²) in [6.45, 7) is 0.673. The van der Waals surface area contributed by atoms with Gasteiger partial charge in [-0.05, 0) is 59.3 Å². The van der Waals surface area contributed by atoms with Crippen molar-refractivity contribution < 1.29 is 9.59 Å². The Labute approximate surface area is 142 Å². The fraction of sp³-hybridized carbons (Fsp3) is 0.176. The molecular weight excluding hydrogens is 391 g/mol. The van der Waals surface area contributed by atoms with Gasteiger partial charge in [0.15, 0.2) is 0 Å². The summed E-state index contributed by atoms with van der Waals surface area (Å²) in [6.07, 6.45) is 1.39. The van der Waals surface area contributed by atoms with E-state index < -0.39 is 0 Å². The Morgan fingerprint density at radius 2 is 1.95 bits per heavy atom. The van der Waals surface area contributed by atoms with Crippen LogP contribution >= 0.6 is 22.6 Å². The van der Waals surface area contributed by atoms with Gasteiger partial charge < -0.3 is 10.2 Å². The van der Waals surface area contributed by atoms with Gasteiger partial charge in [-0.15, -0.1) is 0 Å². The van der Waals surface area contributed by atoms with Crippen LogP contribution in [0.2, 0.25) is 0 Å². The molecular formula is C17H15IN2O2. The maximum Gasteiger partial charge on any atom is 0.257 e. The highest BCUT2D eigenvalue weighted by Gasteiger charge is 2.25. The van der Waals surface area contributed by atoms with Gasteiger partial charge in [-0.2, -0.15) is 0 Å². The Hall–Kier alpha value is -1.89. The van der Waals surface area contributed by atoms with Crippen LogP contribution < -0.4 is 10.2 Å². The summed E-state index contributed by atoms with van der Waals surface area (Å²) >= 11 is 2.20. The molecule has 1 aliphatic heterocycles. The van der Waals surface area contributed by atoms with Crippen molar-refractivity contribution in [3.8, 4) is 0 Å². The van der Waals surface area contributed by atoms with Gasteiger partial charge in [-0.25, -0.2) is 0 Å². The number of halogens is 1. The van der Waals surface area contributed by atoms with E-state index in [-0.39, 0.29) is 11.8 Å². The van der Waals surface area contributed by atoms with Crippen LogP contribution in [0.5, 0.6) is 0 Å². The third-order valence-electron chi connectivity index (χ3n) is 3.60. The molecule has 0 unspecified atom stereocenters. The van der Waals surface area contributed by atoms with E-state index in [9.17, 15) is 9.59 Å². The molecule has 112 valence electrons. The van der Waals surface area contributed by atoms with Crippen molar-refractivity contribution in [2.45, 2.75) is 12.8 Å². The molecule has 0 aliphatic carbocycles. The summed E-state index contributed by atoms with van der Waals surface area (Å²) in [7, 11) is 0. The number of hydrogen-bond donors (Lipinski definition) is 1. The van der Waals surface area contributed by atoms with Gasteiger partial charge in [-0.1, -0.05) is 18.2 Å². The smallest absolute Gasteiger partial charge is 0.257 e. The maximum atomic E-state index is 12.6. The van der Waals surface area contributed by atoms with Gasteiger partial charge in [0.2, 0.25) is 5.91 Å². The van der Waals surface area contributed by atoms with Gasteiger partial charge in [0.25, 0.3) is 5.91 Å². The van der Waals surface area contributed by atoms with Gasteiger partial charge in [-0.3, -0.25) is 9.59 Å². The van der Waals surface area contributed by atoms with Gasteiger partial charge >= 0.3 is 0 Å². The largest absolute Gasteiger partial charge is 0.322 e. The van der Waals surface area contributed by atoms with E-state index in [2.05, 4.69) is 27.9 Å². The number of carbonyl (C=O) groups excluding carboxylic acids is 2. The van der Waals surface area contributed by atoms with Gasteiger partial charge in [0.1, 0.15) is 0 Å². The van der Waals surface area contributed by atoms with E-state index in [1.165, 1.54) is 0 Å². The molecule has 0 saturated carbocycles. The molecule has 1 heterocycles. The lowest BCUT2D eigenvalue weighted by Gasteiger charge is -2.19. The first kappa shape index (κ1) is 15.0. The average molecular weight is 406 g/mol. The molecule has 2 amide bonds. The molecule has 1 aliphatic rings. The van der Waals surface area contributed by atoms with E-state index in [1.54, 1.807) is 11.0 Å². The van der Waals surface area contributed by atoms with E-state index >= 15 is 0 Å². The SMILES string of the molecule is O=C(Nc1cccc(I)c1)c1ccccc1N1CCCC1=O. The minimum atomic E-state index is -0.197. The summed E-state index contributed by atoms with van der Waals surface area (Å²) < 4.78 is 1.05. The number of carbonyl (C=O) groups is 2. The number of hydrogen-bond acceptors (Lipinski definition) is 2. The summed E-state index contributed by atoms with van der Waals surface area (Å²) in [5, 5.41) is 2.90. The number of anilines is 2. The Morgan fingerprint density at radius 3 is 2.68 bits per heavy atom. The zero-order chi connectivity index (χ0) is 15.5. The van der Waals surface area contributed by atoms with Crippen molar-refractivity contribution in [1.29, 1.82) is 0 Å². The summed E-state index contributed by atoms with van der Waals surface area (Å²) in [6, 6.07) is 14.9. The van der Waals surface area contributed by atoms with Crippen LogP contribution in [0, 0.1) is 3.57 Å². The molecule has 2 aromatic rings. The number of nitrogens with zero attached hydrogens (tertiary/aromatic N) is 1. The minimum absolute atomic E-state index is 0.0782. The second kappa shape index (κ2) is 6.48. The van der Waals surface area contributed by atoms with E-state index in [1.807, 2.05) is 42.5 Å². The Kier molecular flexibility index (Phi) is 4.42. The highest BCUT2D eigenvalue weighted by atomic mass is 127. The first-order chi connectivity index (χ1) is 10.6. The third kappa shape index (κ3) is 3.14. The topological polar surface area (TPSA) is 49.4 Å². The molecule has 0 bridgehead atoms. The molecule has 3 rings (SSSR count). The van der Waals surface area contributed by atoms with Gasteiger partial charge in [0, 0.05) is 22.2 Å². The van der Waals surface area contributed by atoms with Crippen molar-refractivity contribution in [2.75, 3.05) is 16.8 Å². The van der Waals surface area contributed by atoms with Crippen molar-refractivity contribution in [3.63, 3.8) is 0 Å². The van der Waals surface area contributed by atoms with Crippen molar-refractivity contribution in [2.24, 2.45) is 0 Å². The minimum Gasteiger partial charge on any atom is -0.322 e. The first-order valence-electron chi connectivity index (χ1n) is 7.11. The standard InChI is InChI=1S/C17H15IN2O2/c18-12-5-3-6-13(11-12)19-17(22)14-7-1-2-8-15(14)20-10-4-9-16(20)21/h1-3,5-8,11H,4,9-10H2,(H,19,22). The second-order valence-electron chi connectivity index (χ2n) is 5.13. The third-order valence-corrected chi connectivity index (χ3v) is 4.27. The molecule has 2 aromatic carbocycles. The highest BCUT2D eigenvalue weighted by Crippen LogP contribution is 2.26. The van der Waals surface area contributed by atoms with Gasteiger partial charge in [0.05, 0.1) is 11.3 Å². The molecule has 1 N–H and O–H groups in total. The van der Waals surface area contributed by atoms with Crippen LogP contribution in [-0.2, 0) is 4.79 Å². The fourth-order valence-corrected chi connectivity index (χ4v) is 3.11. The Morgan fingerprint density at radius 1 is 1.14 bits per heavy atom. The molecule has 0 atom stereocenters. The van der Waals surface area contributed by atoms with Crippen LogP contribution in [0.25, 0.3) is 0 Å². The number of rotatable bonds is 3. The number of nitrogens with one attached hydrogen (secondary N) is 1. The first-order valence-corrected chi connectivity index (χ1v) is 8.19. The zero-order valence-corrected chi connectivity index (χ0v) is 14.0. The maximum absolute atomic E-state index is 12.6. The molecule has 1 saturated heterocycles. The quantitative estimate of drug-likeness (QED) is 0.791. The molecule has 22 heavy (non-hydrogen) atoms. The Balaban J connectivity index is 1.88. The van der Waals surface area contributed by atoms with Crippen LogP contribution in [0.4, 0.5) is 11.4 Å². The van der Waals surface area contributed by atoms with E-state index in [0.717, 1.165) is 15.7 Å². The lowest BCUT2D eigenvalue weighted by molar-refractivity contribution is -0.117. The van der Waals surface area contributed by atoms with E-state index in [4.69, 9.17) is 0 Å². The van der Waals surface area contributed by atoms with Crippen LogP contribution in [-0.4, -0.2) is 18.4 Å². The lowest BCUT2D eigenvalue weighted by Crippen LogP contribution is -2.27. The van der Waals surface area contributed by atoms with Crippen LogP contribution in [0.15, 0.2) is 48.5 Å². The zero-order valence-electron chi connectivity index (χ0n) is 11.9.